The summed E-state index contributed by atoms with van der Waals surface area (Å²) >= 11 is 7.13. The van der Waals surface area contributed by atoms with Gasteiger partial charge in [0.2, 0.25) is 0 Å². The smallest absolute Gasteiger partial charge is 0.120 e. The van der Waals surface area contributed by atoms with Crippen molar-refractivity contribution in [1.82, 2.24) is 5.32 Å². The fourth-order valence-electron chi connectivity index (χ4n) is 1.95. The second-order valence-electron chi connectivity index (χ2n) is 4.81. The van der Waals surface area contributed by atoms with E-state index in [0.29, 0.717) is 6.61 Å². The topological polar surface area (TPSA) is 21.3 Å². The molecule has 0 saturated carbocycles. The minimum atomic E-state index is 0.560. The zero-order valence-electron chi connectivity index (χ0n) is 12.0. The summed E-state index contributed by atoms with van der Waals surface area (Å²) in [6.07, 6.45) is 1.13. The van der Waals surface area contributed by atoms with Gasteiger partial charge in [-0.3, -0.25) is 0 Å². The molecule has 4 heteroatoms. The first-order chi connectivity index (χ1) is 10.2. The van der Waals surface area contributed by atoms with Crippen molar-refractivity contribution < 1.29 is 4.74 Å². The summed E-state index contributed by atoms with van der Waals surface area (Å²) in [5, 5.41) is 3.41. The third-order valence-corrected chi connectivity index (χ3v) is 4.66. The van der Waals surface area contributed by atoms with Crippen LogP contribution in [0.2, 0.25) is 0 Å². The minimum absolute atomic E-state index is 0.560. The van der Waals surface area contributed by atoms with Crippen molar-refractivity contribution in [2.45, 2.75) is 26.5 Å². The first-order valence-electron chi connectivity index (χ1n) is 7.06. The van der Waals surface area contributed by atoms with Gasteiger partial charge in [0.25, 0.3) is 0 Å². The number of ether oxygens (including phenoxy) is 1. The van der Waals surface area contributed by atoms with E-state index in [9.17, 15) is 0 Å². The SMILES string of the molecule is CCCNCc1cc(OCc2ccccc2Br)ccc1Br. The molecular formula is C17H19Br2NO. The third kappa shape index (κ3) is 5.13. The van der Waals surface area contributed by atoms with Crippen LogP contribution in [0.4, 0.5) is 0 Å². The molecule has 0 radical (unpaired) electrons. The van der Waals surface area contributed by atoms with Crippen LogP contribution in [-0.4, -0.2) is 6.54 Å². The second kappa shape index (κ2) is 8.57. The lowest BCUT2D eigenvalue weighted by Crippen LogP contribution is -2.14. The van der Waals surface area contributed by atoms with Crippen LogP contribution in [0.25, 0.3) is 0 Å². The Balaban J connectivity index is 2.00. The Hall–Kier alpha value is -0.840. The molecule has 2 rings (SSSR count). The number of benzene rings is 2. The minimum Gasteiger partial charge on any atom is -0.489 e. The summed E-state index contributed by atoms with van der Waals surface area (Å²) in [7, 11) is 0. The van der Waals surface area contributed by atoms with Gasteiger partial charge in [-0.15, -0.1) is 0 Å². The average molecular weight is 413 g/mol. The Morgan fingerprint density at radius 1 is 1.00 bits per heavy atom. The van der Waals surface area contributed by atoms with E-state index in [4.69, 9.17) is 4.74 Å². The number of halogens is 2. The fourth-order valence-corrected chi connectivity index (χ4v) is 2.74. The van der Waals surface area contributed by atoms with Crippen LogP contribution in [0.15, 0.2) is 51.4 Å². The molecule has 0 aromatic heterocycles. The zero-order valence-corrected chi connectivity index (χ0v) is 15.2. The molecule has 2 aromatic carbocycles. The summed E-state index contributed by atoms with van der Waals surface area (Å²) in [5.74, 6) is 0.891. The van der Waals surface area contributed by atoms with Crippen molar-refractivity contribution in [2.75, 3.05) is 6.54 Å². The average Bonchev–Trinajstić information content (AvgIpc) is 2.49. The highest BCUT2D eigenvalue weighted by Crippen LogP contribution is 2.24. The molecule has 2 aromatic rings. The molecule has 21 heavy (non-hydrogen) atoms. The van der Waals surface area contributed by atoms with Crippen LogP contribution >= 0.6 is 31.9 Å². The van der Waals surface area contributed by atoms with Crippen molar-refractivity contribution in [3.63, 3.8) is 0 Å². The van der Waals surface area contributed by atoms with E-state index in [0.717, 1.165) is 39.8 Å². The Morgan fingerprint density at radius 2 is 1.76 bits per heavy atom. The molecule has 0 aliphatic heterocycles. The highest BCUT2D eigenvalue weighted by molar-refractivity contribution is 9.10. The molecule has 2 nitrogen and oxygen atoms in total. The normalized spacial score (nSPS) is 10.6. The van der Waals surface area contributed by atoms with Gasteiger partial charge in [-0.2, -0.15) is 0 Å². The van der Waals surface area contributed by atoms with Crippen molar-refractivity contribution in [3.05, 3.63) is 62.5 Å². The van der Waals surface area contributed by atoms with E-state index in [1.165, 1.54) is 5.56 Å². The first-order valence-corrected chi connectivity index (χ1v) is 8.64. The van der Waals surface area contributed by atoms with Crippen LogP contribution in [0, 0.1) is 0 Å². The van der Waals surface area contributed by atoms with E-state index in [1.54, 1.807) is 0 Å². The Kier molecular flexibility index (Phi) is 6.74. The second-order valence-corrected chi connectivity index (χ2v) is 6.52. The lowest BCUT2D eigenvalue weighted by molar-refractivity contribution is 0.305. The molecule has 0 aliphatic carbocycles. The van der Waals surface area contributed by atoms with Crippen molar-refractivity contribution in [1.29, 1.82) is 0 Å². The van der Waals surface area contributed by atoms with E-state index in [2.05, 4.69) is 56.2 Å². The monoisotopic (exact) mass is 411 g/mol. The maximum atomic E-state index is 5.90. The number of nitrogens with one attached hydrogen (secondary N) is 1. The molecular weight excluding hydrogens is 394 g/mol. The summed E-state index contributed by atoms with van der Waals surface area (Å²) in [4.78, 5) is 0. The van der Waals surface area contributed by atoms with Gasteiger partial charge in [-0.1, -0.05) is 57.0 Å². The van der Waals surface area contributed by atoms with Crippen molar-refractivity contribution >= 4 is 31.9 Å². The molecule has 1 N–H and O–H groups in total. The highest BCUT2D eigenvalue weighted by Gasteiger charge is 2.04. The molecule has 112 valence electrons. The summed E-state index contributed by atoms with van der Waals surface area (Å²) in [5.41, 5.74) is 2.36. The molecule has 0 unspecified atom stereocenters. The highest BCUT2D eigenvalue weighted by atomic mass is 79.9. The standard InChI is InChI=1S/C17H19Br2NO/c1-2-9-20-11-14-10-15(7-8-17(14)19)21-12-13-5-3-4-6-16(13)18/h3-8,10,20H,2,9,11-12H2,1H3. The van der Waals surface area contributed by atoms with Crippen LogP contribution in [0.1, 0.15) is 24.5 Å². The quantitative estimate of drug-likeness (QED) is 0.623. The predicted molar refractivity (Wildman–Crippen MR) is 94.6 cm³/mol. The number of hydrogen-bond acceptors (Lipinski definition) is 2. The zero-order chi connectivity index (χ0) is 15.1. The third-order valence-electron chi connectivity index (χ3n) is 3.11. The number of rotatable bonds is 7. The molecule has 0 fully saturated rings. The van der Waals surface area contributed by atoms with E-state index in [1.807, 2.05) is 30.3 Å². The lowest BCUT2D eigenvalue weighted by Gasteiger charge is -2.11. The van der Waals surface area contributed by atoms with Gasteiger partial charge in [-0.05, 0) is 42.8 Å². The van der Waals surface area contributed by atoms with Gasteiger partial charge in [0.1, 0.15) is 12.4 Å². The largest absolute Gasteiger partial charge is 0.489 e. The molecule has 0 heterocycles. The molecule has 0 atom stereocenters. The van der Waals surface area contributed by atoms with Gasteiger partial charge < -0.3 is 10.1 Å². The maximum Gasteiger partial charge on any atom is 0.120 e. The number of hydrogen-bond donors (Lipinski definition) is 1. The summed E-state index contributed by atoms with van der Waals surface area (Å²) in [6.45, 7) is 4.60. The van der Waals surface area contributed by atoms with E-state index in [-0.39, 0.29) is 0 Å². The van der Waals surface area contributed by atoms with Gasteiger partial charge in [0.05, 0.1) is 0 Å². The maximum absolute atomic E-state index is 5.90. The van der Waals surface area contributed by atoms with Gasteiger partial charge in [-0.25, -0.2) is 0 Å². The summed E-state index contributed by atoms with van der Waals surface area (Å²) in [6, 6.07) is 14.2. The van der Waals surface area contributed by atoms with Gasteiger partial charge in [0, 0.05) is 21.1 Å². The fraction of sp³-hybridized carbons (Fsp3) is 0.294. The molecule has 0 amide bonds. The van der Waals surface area contributed by atoms with E-state index >= 15 is 0 Å². The first kappa shape index (κ1) is 16.5. The van der Waals surface area contributed by atoms with Gasteiger partial charge >= 0.3 is 0 Å². The molecule has 0 aliphatic rings. The molecule has 0 spiro atoms. The van der Waals surface area contributed by atoms with E-state index < -0.39 is 0 Å². The molecule has 0 saturated heterocycles. The van der Waals surface area contributed by atoms with Crippen molar-refractivity contribution in [3.8, 4) is 5.75 Å². The summed E-state index contributed by atoms with van der Waals surface area (Å²) < 4.78 is 8.08. The van der Waals surface area contributed by atoms with Crippen LogP contribution < -0.4 is 10.1 Å². The van der Waals surface area contributed by atoms with Crippen LogP contribution in [-0.2, 0) is 13.2 Å². The Labute approximate surface area is 143 Å². The Morgan fingerprint density at radius 3 is 2.52 bits per heavy atom. The molecule has 0 bridgehead atoms. The van der Waals surface area contributed by atoms with Gasteiger partial charge in [0.15, 0.2) is 0 Å². The lowest BCUT2D eigenvalue weighted by atomic mass is 10.2. The predicted octanol–water partition coefficient (Wildman–Crippen LogP) is 5.29. The van der Waals surface area contributed by atoms with Crippen LogP contribution in [0.3, 0.4) is 0 Å². The van der Waals surface area contributed by atoms with Crippen LogP contribution in [0.5, 0.6) is 5.75 Å². The van der Waals surface area contributed by atoms with Crippen molar-refractivity contribution in [2.24, 2.45) is 0 Å². The Bertz CT molecular complexity index is 587.